The zero-order valence-electron chi connectivity index (χ0n) is 7.56. The average Bonchev–Trinajstić information content (AvgIpc) is 1.90. The van der Waals surface area contributed by atoms with E-state index in [2.05, 4.69) is 0 Å². The molecule has 0 aromatic carbocycles. The second-order valence-electron chi connectivity index (χ2n) is 2.61. The molecule has 0 spiro atoms. The van der Waals surface area contributed by atoms with Crippen LogP contribution in [-0.4, -0.2) is 5.97 Å². The smallest absolute Gasteiger partial charge is 0.550 e. The van der Waals surface area contributed by atoms with Gasteiger partial charge in [-0.15, -0.1) is 0 Å². The van der Waals surface area contributed by atoms with Crippen molar-refractivity contribution in [2.45, 2.75) is 45.4 Å². The Morgan fingerprint density at radius 2 is 1.09 bits per heavy atom. The Kier molecular flexibility index (Phi) is 13.3. The minimum absolute atomic E-state index is 0. The molecule has 0 N–H and O–H groups in total. The molecule has 1 aliphatic carbocycles. The number of hydrogen-bond donors (Lipinski definition) is 0. The molecule has 0 unspecified atom stereocenters. The third-order valence-electron chi connectivity index (χ3n) is 1.50. The average molecular weight is 166 g/mol. The minimum Gasteiger partial charge on any atom is -0.550 e. The van der Waals surface area contributed by atoms with Gasteiger partial charge in [0, 0.05) is 5.97 Å². The van der Waals surface area contributed by atoms with Crippen LogP contribution in [0, 0.1) is 0 Å². The minimum atomic E-state index is -1.08. The Labute approximate surface area is 90.7 Å². The van der Waals surface area contributed by atoms with Crippen LogP contribution in [0.3, 0.4) is 0 Å². The number of carboxylic acid groups (broad SMARTS) is 1. The molecule has 2 nitrogen and oxygen atoms in total. The molecule has 0 amide bonds. The van der Waals surface area contributed by atoms with Crippen LogP contribution < -0.4 is 34.7 Å². The summed E-state index contributed by atoms with van der Waals surface area (Å²) >= 11 is 0. The standard InChI is InChI=1S/C6H12.C2H4O2.Na/c1-2-4-6-5-3-1;1-2(3)4;/h1-6H2;1H3,(H,3,4);/q;;+1/p-1. The first-order valence-electron chi connectivity index (χ1n) is 3.91. The monoisotopic (exact) mass is 166 g/mol. The summed E-state index contributed by atoms with van der Waals surface area (Å²) in [5.41, 5.74) is 0. The molecule has 0 aromatic heterocycles. The van der Waals surface area contributed by atoms with Crippen molar-refractivity contribution < 1.29 is 39.5 Å². The molecule has 0 aliphatic heterocycles. The quantitative estimate of drug-likeness (QED) is 0.394. The van der Waals surface area contributed by atoms with E-state index in [1.807, 2.05) is 0 Å². The molecule has 1 aliphatic rings. The van der Waals surface area contributed by atoms with Gasteiger partial charge in [-0.3, -0.25) is 0 Å². The van der Waals surface area contributed by atoms with Crippen molar-refractivity contribution in [2.24, 2.45) is 0 Å². The number of hydrogen-bond acceptors (Lipinski definition) is 2. The molecular formula is C8H15NaO2. The largest absolute Gasteiger partial charge is 1.00 e. The van der Waals surface area contributed by atoms with Gasteiger partial charge in [-0.1, -0.05) is 38.5 Å². The van der Waals surface area contributed by atoms with Gasteiger partial charge in [-0.05, 0) is 6.92 Å². The number of carbonyl (C=O) groups is 1. The third-order valence-corrected chi connectivity index (χ3v) is 1.50. The van der Waals surface area contributed by atoms with Crippen molar-refractivity contribution in [2.75, 3.05) is 0 Å². The van der Waals surface area contributed by atoms with Crippen LogP contribution in [0.1, 0.15) is 45.4 Å². The summed E-state index contributed by atoms with van der Waals surface area (Å²) in [7, 11) is 0. The van der Waals surface area contributed by atoms with Crippen LogP contribution in [0.4, 0.5) is 0 Å². The molecule has 1 fully saturated rings. The summed E-state index contributed by atoms with van der Waals surface area (Å²) in [6, 6.07) is 0. The summed E-state index contributed by atoms with van der Waals surface area (Å²) < 4.78 is 0. The summed E-state index contributed by atoms with van der Waals surface area (Å²) in [6.45, 7) is 0.972. The molecule has 3 heteroatoms. The van der Waals surface area contributed by atoms with Crippen LogP contribution in [-0.2, 0) is 4.79 Å². The molecule has 0 bridgehead atoms. The van der Waals surface area contributed by atoms with Crippen molar-refractivity contribution in [3.8, 4) is 0 Å². The fourth-order valence-electron chi connectivity index (χ4n) is 1.06. The third kappa shape index (κ3) is 17.9. The van der Waals surface area contributed by atoms with E-state index in [9.17, 15) is 0 Å². The van der Waals surface area contributed by atoms with Crippen LogP contribution in [0.15, 0.2) is 0 Å². The van der Waals surface area contributed by atoms with Crippen molar-refractivity contribution in [1.82, 2.24) is 0 Å². The molecule has 1 rings (SSSR count). The molecule has 0 heterocycles. The zero-order valence-corrected chi connectivity index (χ0v) is 9.56. The van der Waals surface area contributed by atoms with Crippen molar-refractivity contribution in [3.63, 3.8) is 0 Å². The molecule has 0 aromatic rings. The SMILES string of the molecule is C1CCCCC1.CC(=O)[O-].[Na+]. The van der Waals surface area contributed by atoms with Crippen LogP contribution in [0.2, 0.25) is 0 Å². The first kappa shape index (κ1) is 14.0. The van der Waals surface area contributed by atoms with E-state index in [1.165, 1.54) is 38.5 Å². The van der Waals surface area contributed by atoms with Crippen LogP contribution in [0.25, 0.3) is 0 Å². The van der Waals surface area contributed by atoms with Crippen LogP contribution in [0.5, 0.6) is 0 Å². The second-order valence-corrected chi connectivity index (χ2v) is 2.61. The molecule has 0 saturated heterocycles. The molecule has 11 heavy (non-hydrogen) atoms. The van der Waals surface area contributed by atoms with E-state index in [1.54, 1.807) is 0 Å². The molecule has 1 saturated carbocycles. The van der Waals surface area contributed by atoms with E-state index in [4.69, 9.17) is 9.90 Å². The molecular weight excluding hydrogens is 151 g/mol. The topological polar surface area (TPSA) is 40.1 Å². The zero-order chi connectivity index (χ0) is 7.82. The van der Waals surface area contributed by atoms with E-state index in [0.29, 0.717) is 0 Å². The summed E-state index contributed by atoms with van der Waals surface area (Å²) in [5.74, 6) is -1.08. The Morgan fingerprint density at radius 1 is 1.00 bits per heavy atom. The molecule has 0 radical (unpaired) electrons. The van der Waals surface area contributed by atoms with Crippen molar-refractivity contribution in [1.29, 1.82) is 0 Å². The van der Waals surface area contributed by atoms with E-state index >= 15 is 0 Å². The van der Waals surface area contributed by atoms with Gasteiger partial charge in [0.25, 0.3) is 0 Å². The van der Waals surface area contributed by atoms with Gasteiger partial charge in [-0.2, -0.15) is 0 Å². The molecule has 60 valence electrons. The summed E-state index contributed by atoms with van der Waals surface area (Å²) in [6.07, 6.45) is 9.00. The van der Waals surface area contributed by atoms with Crippen molar-refractivity contribution >= 4 is 5.97 Å². The summed E-state index contributed by atoms with van der Waals surface area (Å²) in [5, 5.41) is 8.89. The maximum absolute atomic E-state index is 8.89. The van der Waals surface area contributed by atoms with E-state index < -0.39 is 5.97 Å². The Hall–Kier alpha value is 0.470. The van der Waals surface area contributed by atoms with Gasteiger partial charge in [0.15, 0.2) is 0 Å². The Balaban J connectivity index is 0. The van der Waals surface area contributed by atoms with Crippen molar-refractivity contribution in [3.05, 3.63) is 0 Å². The van der Waals surface area contributed by atoms with E-state index in [-0.39, 0.29) is 29.6 Å². The van der Waals surface area contributed by atoms with Gasteiger partial charge >= 0.3 is 29.6 Å². The fraction of sp³-hybridized carbons (Fsp3) is 0.875. The number of aliphatic carboxylic acids is 1. The predicted octanol–water partition coefficient (Wildman–Crippen LogP) is -1.90. The number of rotatable bonds is 0. The second kappa shape index (κ2) is 10.5. The van der Waals surface area contributed by atoms with Gasteiger partial charge in [0.05, 0.1) is 0 Å². The molecule has 0 atom stereocenters. The normalized spacial score (nSPS) is 15.4. The maximum Gasteiger partial charge on any atom is 1.00 e. The van der Waals surface area contributed by atoms with Gasteiger partial charge < -0.3 is 9.90 Å². The predicted molar refractivity (Wildman–Crippen MR) is 38.4 cm³/mol. The van der Waals surface area contributed by atoms with Gasteiger partial charge in [0.1, 0.15) is 0 Å². The first-order valence-corrected chi connectivity index (χ1v) is 3.91. The van der Waals surface area contributed by atoms with Gasteiger partial charge in [-0.25, -0.2) is 0 Å². The van der Waals surface area contributed by atoms with Gasteiger partial charge in [0.2, 0.25) is 0 Å². The number of carbonyl (C=O) groups excluding carboxylic acids is 1. The van der Waals surface area contributed by atoms with Crippen LogP contribution >= 0.6 is 0 Å². The first-order chi connectivity index (χ1) is 4.73. The Bertz CT molecular complexity index is 74.6. The maximum atomic E-state index is 8.89. The van der Waals surface area contributed by atoms with E-state index in [0.717, 1.165) is 6.92 Å². The fourth-order valence-corrected chi connectivity index (χ4v) is 1.06. The number of carboxylic acids is 1. The summed E-state index contributed by atoms with van der Waals surface area (Å²) in [4.78, 5) is 8.89. The Morgan fingerprint density at radius 3 is 1.18 bits per heavy atom.